The van der Waals surface area contributed by atoms with Crippen molar-refractivity contribution in [2.24, 2.45) is 11.1 Å². The van der Waals surface area contributed by atoms with Crippen molar-refractivity contribution < 1.29 is 8.42 Å². The van der Waals surface area contributed by atoms with E-state index in [-0.39, 0.29) is 16.4 Å². The molecule has 0 rings (SSSR count). The molecule has 0 aliphatic rings. The van der Waals surface area contributed by atoms with Crippen LogP contribution >= 0.6 is 0 Å². The summed E-state index contributed by atoms with van der Waals surface area (Å²) in [5.41, 5.74) is 5.69. The number of hydrogen-bond acceptors (Lipinski definition) is 3. The van der Waals surface area contributed by atoms with E-state index in [4.69, 9.17) is 5.73 Å². The lowest BCUT2D eigenvalue weighted by Gasteiger charge is -2.27. The van der Waals surface area contributed by atoms with Crippen LogP contribution in [0.15, 0.2) is 0 Å². The minimum absolute atomic E-state index is 0.0172. The van der Waals surface area contributed by atoms with Gasteiger partial charge in [-0.1, -0.05) is 20.3 Å². The molecule has 2 N–H and O–H groups in total. The molecule has 0 saturated heterocycles. The molecule has 4 heteroatoms. The van der Waals surface area contributed by atoms with Crippen LogP contribution in [0.1, 0.15) is 47.0 Å². The molecule has 0 aliphatic carbocycles. The summed E-state index contributed by atoms with van der Waals surface area (Å²) in [6.45, 7) is 8.20. The van der Waals surface area contributed by atoms with Crippen molar-refractivity contribution in [3.63, 3.8) is 0 Å². The monoisotopic (exact) mass is 235 g/mol. The van der Waals surface area contributed by atoms with Gasteiger partial charge in [-0.25, -0.2) is 8.42 Å². The second kappa shape index (κ2) is 5.85. The maximum Gasteiger partial charge on any atom is 0.152 e. The van der Waals surface area contributed by atoms with E-state index in [0.29, 0.717) is 13.0 Å². The molecule has 92 valence electrons. The third-order valence-corrected chi connectivity index (χ3v) is 5.26. The summed E-state index contributed by atoms with van der Waals surface area (Å²) in [6.07, 6.45) is 2.73. The summed E-state index contributed by atoms with van der Waals surface area (Å²) in [5.74, 6) is 0.262. The minimum atomic E-state index is -2.92. The SMILES string of the molecule is CCCC(C)(CN)CCS(=O)(=O)C(C)C. The van der Waals surface area contributed by atoms with Crippen molar-refractivity contribution in [2.45, 2.75) is 52.2 Å². The Balaban J connectivity index is 4.36. The van der Waals surface area contributed by atoms with E-state index in [2.05, 4.69) is 13.8 Å². The van der Waals surface area contributed by atoms with E-state index in [0.717, 1.165) is 12.8 Å². The van der Waals surface area contributed by atoms with E-state index in [1.54, 1.807) is 13.8 Å². The number of nitrogens with two attached hydrogens (primary N) is 1. The maximum absolute atomic E-state index is 11.7. The fourth-order valence-electron chi connectivity index (χ4n) is 1.56. The quantitative estimate of drug-likeness (QED) is 0.734. The Labute approximate surface area is 94.4 Å². The highest BCUT2D eigenvalue weighted by Gasteiger charge is 2.25. The highest BCUT2D eigenvalue weighted by atomic mass is 32.2. The Morgan fingerprint density at radius 1 is 1.27 bits per heavy atom. The summed E-state index contributed by atoms with van der Waals surface area (Å²) >= 11 is 0. The first-order valence-corrected chi connectivity index (χ1v) is 7.40. The second-order valence-corrected chi connectivity index (χ2v) is 7.61. The van der Waals surface area contributed by atoms with Crippen molar-refractivity contribution in [2.75, 3.05) is 12.3 Å². The molecule has 0 bridgehead atoms. The van der Waals surface area contributed by atoms with Gasteiger partial charge in [0.2, 0.25) is 0 Å². The molecule has 0 fully saturated rings. The van der Waals surface area contributed by atoms with Crippen LogP contribution in [0.4, 0.5) is 0 Å². The number of hydrogen-bond donors (Lipinski definition) is 1. The van der Waals surface area contributed by atoms with E-state index in [9.17, 15) is 8.42 Å². The molecule has 0 spiro atoms. The predicted octanol–water partition coefficient (Wildman–Crippen LogP) is 1.96. The van der Waals surface area contributed by atoms with Crippen LogP contribution < -0.4 is 5.73 Å². The molecule has 0 aliphatic heterocycles. The summed E-state index contributed by atoms with van der Waals surface area (Å²) in [4.78, 5) is 0. The summed E-state index contributed by atoms with van der Waals surface area (Å²) < 4.78 is 23.3. The number of rotatable bonds is 7. The van der Waals surface area contributed by atoms with Crippen LogP contribution in [-0.2, 0) is 9.84 Å². The lowest BCUT2D eigenvalue weighted by Crippen LogP contribution is -2.31. The van der Waals surface area contributed by atoms with Gasteiger partial charge in [0, 0.05) is 0 Å². The topological polar surface area (TPSA) is 60.2 Å². The highest BCUT2D eigenvalue weighted by molar-refractivity contribution is 7.91. The average Bonchev–Trinajstić information content (AvgIpc) is 2.15. The Bertz CT molecular complexity index is 272. The summed E-state index contributed by atoms with van der Waals surface area (Å²) in [6, 6.07) is 0. The Hall–Kier alpha value is -0.0900. The van der Waals surface area contributed by atoms with Crippen LogP contribution in [-0.4, -0.2) is 26.0 Å². The van der Waals surface area contributed by atoms with E-state index in [1.807, 2.05) is 0 Å². The third kappa shape index (κ3) is 4.98. The molecule has 1 atom stereocenters. The van der Waals surface area contributed by atoms with Crippen molar-refractivity contribution in [3.05, 3.63) is 0 Å². The van der Waals surface area contributed by atoms with E-state index >= 15 is 0 Å². The maximum atomic E-state index is 11.7. The number of sulfone groups is 1. The second-order valence-electron chi connectivity index (χ2n) is 4.93. The van der Waals surface area contributed by atoms with Crippen LogP contribution in [0.2, 0.25) is 0 Å². The molecular weight excluding hydrogens is 210 g/mol. The molecule has 0 aromatic carbocycles. The van der Waals surface area contributed by atoms with Crippen molar-refractivity contribution in [1.82, 2.24) is 0 Å². The molecule has 3 nitrogen and oxygen atoms in total. The fraction of sp³-hybridized carbons (Fsp3) is 1.00. The van der Waals surface area contributed by atoms with Crippen molar-refractivity contribution >= 4 is 9.84 Å². The molecule has 1 unspecified atom stereocenters. The third-order valence-electron chi connectivity index (χ3n) is 3.05. The van der Waals surface area contributed by atoms with Gasteiger partial charge in [-0.05, 0) is 38.6 Å². The van der Waals surface area contributed by atoms with Crippen LogP contribution in [0.3, 0.4) is 0 Å². The van der Waals surface area contributed by atoms with Gasteiger partial charge in [0.25, 0.3) is 0 Å². The molecule has 0 radical (unpaired) electrons. The zero-order valence-corrected chi connectivity index (χ0v) is 11.2. The van der Waals surface area contributed by atoms with Gasteiger partial charge < -0.3 is 5.73 Å². The summed E-state index contributed by atoms with van der Waals surface area (Å²) in [7, 11) is -2.92. The Morgan fingerprint density at radius 3 is 2.13 bits per heavy atom. The van der Waals surface area contributed by atoms with E-state index in [1.165, 1.54) is 0 Å². The molecule has 15 heavy (non-hydrogen) atoms. The first kappa shape index (κ1) is 14.9. The highest BCUT2D eigenvalue weighted by Crippen LogP contribution is 2.27. The Kier molecular flexibility index (Phi) is 5.81. The molecule has 0 aromatic rings. The lowest BCUT2D eigenvalue weighted by atomic mass is 9.83. The smallest absolute Gasteiger partial charge is 0.152 e. The average molecular weight is 235 g/mol. The van der Waals surface area contributed by atoms with Gasteiger partial charge in [0.15, 0.2) is 9.84 Å². The predicted molar refractivity (Wildman–Crippen MR) is 65.6 cm³/mol. The van der Waals surface area contributed by atoms with Crippen molar-refractivity contribution in [3.8, 4) is 0 Å². The normalized spacial score (nSPS) is 16.7. The zero-order valence-electron chi connectivity index (χ0n) is 10.4. The first-order chi connectivity index (χ1) is 6.77. The molecule has 0 heterocycles. The molecule has 0 aromatic heterocycles. The van der Waals surface area contributed by atoms with Gasteiger partial charge in [-0.3, -0.25) is 0 Å². The van der Waals surface area contributed by atoms with Gasteiger partial charge in [-0.15, -0.1) is 0 Å². The molecular formula is C11H25NO2S. The van der Waals surface area contributed by atoms with Gasteiger partial charge in [0.05, 0.1) is 11.0 Å². The van der Waals surface area contributed by atoms with Crippen molar-refractivity contribution in [1.29, 1.82) is 0 Å². The van der Waals surface area contributed by atoms with Crippen LogP contribution in [0.5, 0.6) is 0 Å². The standard InChI is InChI=1S/C11H25NO2S/c1-5-6-11(4,9-12)7-8-15(13,14)10(2)3/h10H,5-9,12H2,1-4H3. The van der Waals surface area contributed by atoms with Gasteiger partial charge in [0.1, 0.15) is 0 Å². The van der Waals surface area contributed by atoms with Gasteiger partial charge >= 0.3 is 0 Å². The molecule has 0 amide bonds. The van der Waals surface area contributed by atoms with E-state index < -0.39 is 9.84 Å². The zero-order chi connectivity index (χ0) is 12.1. The summed E-state index contributed by atoms with van der Waals surface area (Å²) in [5, 5.41) is -0.277. The first-order valence-electron chi connectivity index (χ1n) is 5.69. The van der Waals surface area contributed by atoms with Crippen LogP contribution in [0.25, 0.3) is 0 Å². The largest absolute Gasteiger partial charge is 0.330 e. The minimum Gasteiger partial charge on any atom is -0.330 e. The van der Waals surface area contributed by atoms with Crippen LogP contribution in [0, 0.1) is 5.41 Å². The van der Waals surface area contributed by atoms with Gasteiger partial charge in [-0.2, -0.15) is 0 Å². The fourth-order valence-corrected chi connectivity index (χ4v) is 2.81. The Morgan fingerprint density at radius 2 is 1.80 bits per heavy atom. The molecule has 0 saturated carbocycles. The lowest BCUT2D eigenvalue weighted by molar-refractivity contribution is 0.294.